The van der Waals surface area contributed by atoms with Gasteiger partial charge in [0.25, 0.3) is 0 Å². The summed E-state index contributed by atoms with van der Waals surface area (Å²) in [5, 5.41) is 9.20. The van der Waals surface area contributed by atoms with Gasteiger partial charge in [-0.3, -0.25) is 9.59 Å². The second kappa shape index (κ2) is 7.49. The summed E-state index contributed by atoms with van der Waals surface area (Å²) in [5.41, 5.74) is 0.455. The number of methoxy groups -OCH3 is 1. The summed E-state index contributed by atoms with van der Waals surface area (Å²) in [6.45, 7) is 2.60. The van der Waals surface area contributed by atoms with Gasteiger partial charge in [-0.15, -0.1) is 0 Å². The van der Waals surface area contributed by atoms with Crippen LogP contribution in [0, 0.1) is 5.41 Å². The first-order chi connectivity index (χ1) is 10.9. The molecule has 0 aliphatic carbocycles. The van der Waals surface area contributed by atoms with Gasteiger partial charge in [-0.2, -0.15) is 0 Å². The van der Waals surface area contributed by atoms with Crippen LogP contribution in [0.4, 0.5) is 0 Å². The predicted molar refractivity (Wildman–Crippen MR) is 87.5 cm³/mol. The van der Waals surface area contributed by atoms with E-state index >= 15 is 0 Å². The van der Waals surface area contributed by atoms with E-state index in [2.05, 4.69) is 0 Å². The van der Waals surface area contributed by atoms with Crippen molar-refractivity contribution in [3.63, 3.8) is 0 Å². The molecule has 126 valence electrons. The lowest BCUT2D eigenvalue weighted by Crippen LogP contribution is -2.34. The number of hydrogen-bond acceptors (Lipinski definition) is 3. The van der Waals surface area contributed by atoms with Gasteiger partial charge in [-0.1, -0.05) is 12.1 Å². The molecule has 1 aromatic rings. The quantitative estimate of drug-likeness (QED) is 0.785. The SMILES string of the molecule is COc1ccc(CCCCC(=O)N2CCC(C)(C(=O)O)C2)cc1. The molecule has 1 atom stereocenters. The zero-order valence-electron chi connectivity index (χ0n) is 13.9. The molecule has 1 aliphatic heterocycles. The van der Waals surface area contributed by atoms with E-state index in [0.717, 1.165) is 25.0 Å². The third kappa shape index (κ3) is 4.47. The highest BCUT2D eigenvalue weighted by atomic mass is 16.5. The van der Waals surface area contributed by atoms with E-state index in [1.807, 2.05) is 24.3 Å². The Morgan fingerprint density at radius 1 is 1.26 bits per heavy atom. The van der Waals surface area contributed by atoms with Crippen LogP contribution in [0.25, 0.3) is 0 Å². The molecule has 1 aromatic carbocycles. The maximum absolute atomic E-state index is 12.2. The van der Waals surface area contributed by atoms with E-state index in [1.165, 1.54) is 5.56 Å². The number of hydrogen-bond donors (Lipinski definition) is 1. The van der Waals surface area contributed by atoms with E-state index in [0.29, 0.717) is 25.9 Å². The number of aryl methyl sites for hydroxylation is 1. The lowest BCUT2D eigenvalue weighted by Gasteiger charge is -2.20. The average molecular weight is 319 g/mol. The van der Waals surface area contributed by atoms with Gasteiger partial charge in [-0.05, 0) is 50.3 Å². The van der Waals surface area contributed by atoms with Crippen LogP contribution in [-0.2, 0) is 16.0 Å². The van der Waals surface area contributed by atoms with Crippen molar-refractivity contribution < 1.29 is 19.4 Å². The van der Waals surface area contributed by atoms with Crippen LogP contribution in [0.2, 0.25) is 0 Å². The average Bonchev–Trinajstić information content (AvgIpc) is 2.96. The van der Waals surface area contributed by atoms with E-state index in [4.69, 9.17) is 4.74 Å². The van der Waals surface area contributed by atoms with E-state index in [9.17, 15) is 14.7 Å². The molecule has 23 heavy (non-hydrogen) atoms. The molecule has 0 saturated carbocycles. The number of amides is 1. The Morgan fingerprint density at radius 3 is 2.52 bits per heavy atom. The van der Waals surface area contributed by atoms with Crippen molar-refractivity contribution in [2.24, 2.45) is 5.41 Å². The van der Waals surface area contributed by atoms with Crippen LogP contribution in [0.1, 0.15) is 38.2 Å². The summed E-state index contributed by atoms with van der Waals surface area (Å²) in [6.07, 6.45) is 3.74. The third-order valence-electron chi connectivity index (χ3n) is 4.61. The number of aliphatic carboxylic acids is 1. The predicted octanol–water partition coefficient (Wildman–Crippen LogP) is 2.73. The Morgan fingerprint density at radius 2 is 1.96 bits per heavy atom. The molecule has 0 radical (unpaired) electrons. The number of likely N-dealkylation sites (tertiary alicyclic amines) is 1. The molecular weight excluding hydrogens is 294 g/mol. The Hall–Kier alpha value is -2.04. The van der Waals surface area contributed by atoms with Gasteiger partial charge in [0.1, 0.15) is 5.75 Å². The van der Waals surface area contributed by atoms with E-state index in [1.54, 1.807) is 18.9 Å². The van der Waals surface area contributed by atoms with Crippen molar-refractivity contribution in [2.45, 2.75) is 39.0 Å². The fourth-order valence-corrected chi connectivity index (χ4v) is 2.90. The number of unbranched alkanes of at least 4 members (excludes halogenated alkanes) is 1. The van der Waals surface area contributed by atoms with Crippen molar-refractivity contribution >= 4 is 11.9 Å². The van der Waals surface area contributed by atoms with Gasteiger partial charge < -0.3 is 14.7 Å². The van der Waals surface area contributed by atoms with Gasteiger partial charge in [0, 0.05) is 19.5 Å². The molecule has 1 unspecified atom stereocenters. The minimum absolute atomic E-state index is 0.0738. The molecule has 1 saturated heterocycles. The number of rotatable bonds is 7. The summed E-state index contributed by atoms with van der Waals surface area (Å²) < 4.78 is 5.12. The molecule has 0 aromatic heterocycles. The van der Waals surface area contributed by atoms with Crippen LogP contribution < -0.4 is 4.74 Å². The smallest absolute Gasteiger partial charge is 0.311 e. The van der Waals surface area contributed by atoms with Crippen LogP contribution in [0.5, 0.6) is 5.75 Å². The molecule has 1 N–H and O–H groups in total. The van der Waals surface area contributed by atoms with Crippen molar-refractivity contribution in [1.82, 2.24) is 4.90 Å². The monoisotopic (exact) mass is 319 g/mol. The molecule has 1 aliphatic rings. The molecule has 1 fully saturated rings. The number of carbonyl (C=O) groups excluding carboxylic acids is 1. The van der Waals surface area contributed by atoms with E-state index < -0.39 is 11.4 Å². The molecule has 1 amide bonds. The molecule has 0 bridgehead atoms. The van der Waals surface area contributed by atoms with Crippen molar-refractivity contribution in [1.29, 1.82) is 0 Å². The van der Waals surface area contributed by atoms with Crippen molar-refractivity contribution in [3.05, 3.63) is 29.8 Å². The maximum atomic E-state index is 12.2. The second-order valence-corrected chi connectivity index (χ2v) is 6.49. The largest absolute Gasteiger partial charge is 0.497 e. The number of nitrogens with zero attached hydrogens (tertiary/aromatic N) is 1. The first kappa shape index (κ1) is 17.3. The highest BCUT2D eigenvalue weighted by Crippen LogP contribution is 2.30. The Labute approximate surface area is 137 Å². The molecule has 5 heteroatoms. The maximum Gasteiger partial charge on any atom is 0.311 e. The lowest BCUT2D eigenvalue weighted by molar-refractivity contribution is -0.147. The topological polar surface area (TPSA) is 66.8 Å². The first-order valence-corrected chi connectivity index (χ1v) is 8.09. The third-order valence-corrected chi connectivity index (χ3v) is 4.61. The fraction of sp³-hybridized carbons (Fsp3) is 0.556. The lowest BCUT2D eigenvalue weighted by atomic mass is 9.90. The van der Waals surface area contributed by atoms with Crippen LogP contribution in [0.15, 0.2) is 24.3 Å². The summed E-state index contributed by atoms with van der Waals surface area (Å²) in [6, 6.07) is 7.97. The summed E-state index contributed by atoms with van der Waals surface area (Å²) >= 11 is 0. The highest BCUT2D eigenvalue weighted by Gasteiger charge is 2.41. The standard InChI is InChI=1S/C18H25NO4/c1-18(17(21)22)11-12-19(13-18)16(20)6-4-3-5-14-7-9-15(23-2)10-8-14/h7-10H,3-6,11-13H2,1-2H3,(H,21,22). The van der Waals surface area contributed by atoms with Gasteiger partial charge in [0.2, 0.25) is 5.91 Å². The van der Waals surface area contributed by atoms with Crippen molar-refractivity contribution in [2.75, 3.05) is 20.2 Å². The van der Waals surface area contributed by atoms with Crippen LogP contribution in [0.3, 0.4) is 0 Å². The first-order valence-electron chi connectivity index (χ1n) is 8.09. The number of carboxylic acids is 1. The second-order valence-electron chi connectivity index (χ2n) is 6.49. The summed E-state index contributed by atoms with van der Waals surface area (Å²) in [5.74, 6) is 0.108. The summed E-state index contributed by atoms with van der Waals surface area (Å²) in [7, 11) is 1.65. The summed E-state index contributed by atoms with van der Waals surface area (Å²) in [4.78, 5) is 25.1. The number of carbonyl (C=O) groups is 2. The number of benzene rings is 1. The van der Waals surface area contributed by atoms with E-state index in [-0.39, 0.29) is 5.91 Å². The van der Waals surface area contributed by atoms with Crippen LogP contribution in [-0.4, -0.2) is 42.1 Å². The Balaban J connectivity index is 1.70. The number of carboxylic acid groups (broad SMARTS) is 1. The fourth-order valence-electron chi connectivity index (χ4n) is 2.90. The van der Waals surface area contributed by atoms with Crippen molar-refractivity contribution in [3.8, 4) is 5.75 Å². The van der Waals surface area contributed by atoms with Gasteiger partial charge >= 0.3 is 5.97 Å². The Kier molecular flexibility index (Phi) is 5.64. The molecule has 0 spiro atoms. The molecule has 5 nitrogen and oxygen atoms in total. The van der Waals surface area contributed by atoms with Gasteiger partial charge in [0.15, 0.2) is 0 Å². The van der Waals surface area contributed by atoms with Crippen LogP contribution >= 0.6 is 0 Å². The minimum atomic E-state index is -0.813. The molecule has 2 rings (SSSR count). The van der Waals surface area contributed by atoms with Gasteiger partial charge in [-0.25, -0.2) is 0 Å². The molecule has 1 heterocycles. The highest BCUT2D eigenvalue weighted by molar-refractivity contribution is 5.80. The number of ether oxygens (including phenoxy) is 1. The Bertz CT molecular complexity index is 555. The zero-order chi connectivity index (χ0) is 16.9. The normalized spacial score (nSPS) is 20.5. The van der Waals surface area contributed by atoms with Gasteiger partial charge in [0.05, 0.1) is 12.5 Å². The zero-order valence-corrected chi connectivity index (χ0v) is 13.9. The minimum Gasteiger partial charge on any atom is -0.497 e. The molecular formula is C18H25NO4.